The second kappa shape index (κ2) is 38.1. The van der Waals surface area contributed by atoms with Crippen LogP contribution in [0, 0.1) is 0 Å². The Kier molecular flexibility index (Phi) is 35.5. The minimum Gasteiger partial charge on any atom is -0.394 e. The van der Waals surface area contributed by atoms with E-state index in [1.807, 2.05) is 6.08 Å². The zero-order valence-electron chi connectivity index (χ0n) is 36.7. The van der Waals surface area contributed by atoms with Gasteiger partial charge in [-0.2, -0.15) is 0 Å². The van der Waals surface area contributed by atoms with Gasteiger partial charge in [-0.25, -0.2) is 0 Å². The predicted octanol–water partition coefficient (Wildman–Crippen LogP) is 8.81. The molecule has 0 saturated carbocycles. The molecule has 1 aliphatic heterocycles. The number of carbonyl (C=O) groups is 1. The van der Waals surface area contributed by atoms with Crippen molar-refractivity contribution < 1.29 is 44.9 Å². The minimum atomic E-state index is -1.62. The Morgan fingerprint density at radius 3 is 1.60 bits per heavy atom. The van der Waals surface area contributed by atoms with Crippen molar-refractivity contribution in [3.05, 3.63) is 48.6 Å². The van der Waals surface area contributed by atoms with Gasteiger partial charge in [-0.1, -0.05) is 172 Å². The van der Waals surface area contributed by atoms with Gasteiger partial charge in [0, 0.05) is 0 Å². The van der Waals surface area contributed by atoms with E-state index in [4.69, 9.17) is 9.47 Å². The maximum Gasteiger partial charge on any atom is 0.249 e. The summed E-state index contributed by atoms with van der Waals surface area (Å²) in [7, 11) is 0. The number of aliphatic hydroxyl groups excluding tert-OH is 6. The molecule has 1 amide bonds. The number of amides is 1. The molecule has 1 heterocycles. The monoisotopic (exact) mass is 822 g/mol. The highest BCUT2D eigenvalue weighted by Gasteiger charge is 2.44. The molecule has 0 aromatic rings. The summed E-state index contributed by atoms with van der Waals surface area (Å²) in [5.74, 6) is -0.637. The number of ether oxygens (including phenoxy) is 2. The van der Waals surface area contributed by atoms with Gasteiger partial charge in [0.05, 0.1) is 25.4 Å². The molecule has 0 spiro atoms. The molecule has 8 atom stereocenters. The molecule has 1 saturated heterocycles. The van der Waals surface area contributed by atoms with Crippen molar-refractivity contribution in [3.8, 4) is 0 Å². The van der Waals surface area contributed by atoms with E-state index in [0.717, 1.165) is 57.8 Å². The third-order valence-electron chi connectivity index (χ3n) is 11.0. The lowest BCUT2D eigenvalue weighted by molar-refractivity contribution is -0.302. The number of carbonyl (C=O) groups excluding carboxylic acids is 1. The topological polar surface area (TPSA) is 169 Å². The van der Waals surface area contributed by atoms with Gasteiger partial charge in [0.15, 0.2) is 6.29 Å². The Bertz CT molecular complexity index is 1060. The normalized spacial score (nSPS) is 21.8. The first-order valence-corrected chi connectivity index (χ1v) is 23.5. The summed E-state index contributed by atoms with van der Waals surface area (Å²) in [6, 6.07) is -1.00. The molecule has 58 heavy (non-hydrogen) atoms. The molecule has 1 aliphatic rings. The second-order valence-electron chi connectivity index (χ2n) is 16.3. The molecule has 0 aromatic carbocycles. The van der Waals surface area contributed by atoms with Crippen LogP contribution in [0.3, 0.4) is 0 Å². The Hall–Kier alpha value is -1.89. The maximum atomic E-state index is 13.0. The van der Waals surface area contributed by atoms with Gasteiger partial charge in [-0.05, 0) is 64.2 Å². The first-order chi connectivity index (χ1) is 28.3. The highest BCUT2D eigenvalue weighted by molar-refractivity contribution is 5.80. The van der Waals surface area contributed by atoms with Crippen molar-refractivity contribution in [1.82, 2.24) is 5.32 Å². The summed E-state index contributed by atoms with van der Waals surface area (Å²) < 4.78 is 11.1. The summed E-state index contributed by atoms with van der Waals surface area (Å²) in [5, 5.41) is 64.5. The van der Waals surface area contributed by atoms with Gasteiger partial charge in [-0.15, -0.1) is 0 Å². The third kappa shape index (κ3) is 27.8. The fourth-order valence-electron chi connectivity index (χ4n) is 7.09. The van der Waals surface area contributed by atoms with E-state index < -0.39 is 61.5 Å². The maximum absolute atomic E-state index is 13.0. The number of rotatable bonds is 38. The minimum absolute atomic E-state index is 0.290. The van der Waals surface area contributed by atoms with E-state index in [9.17, 15) is 35.4 Å². The van der Waals surface area contributed by atoms with E-state index in [0.29, 0.717) is 19.3 Å². The number of hydrogen-bond acceptors (Lipinski definition) is 9. The SMILES string of the molecule is CCCCCCC/C=C/CC/C=C/C(O)C(COC1OC(CO)C(O)C(O)C1O)NC(=O)C(O)CCCCCCCC/C=C\C/C=C\CCCCCCCCCCC. The number of unbranched alkanes of at least 4 members (excludes halogenated alkanes) is 21. The van der Waals surface area contributed by atoms with E-state index in [1.54, 1.807) is 6.08 Å². The Morgan fingerprint density at radius 1 is 0.603 bits per heavy atom. The van der Waals surface area contributed by atoms with Crippen molar-refractivity contribution in [1.29, 1.82) is 0 Å². The van der Waals surface area contributed by atoms with Crippen molar-refractivity contribution in [3.63, 3.8) is 0 Å². The van der Waals surface area contributed by atoms with Crippen molar-refractivity contribution >= 4 is 5.91 Å². The van der Waals surface area contributed by atoms with E-state index in [1.165, 1.54) is 96.3 Å². The lowest BCUT2D eigenvalue weighted by atomic mass is 9.99. The van der Waals surface area contributed by atoms with Gasteiger partial charge in [-0.3, -0.25) is 4.79 Å². The lowest BCUT2D eigenvalue weighted by Gasteiger charge is -2.40. The lowest BCUT2D eigenvalue weighted by Crippen LogP contribution is -2.60. The fourth-order valence-corrected chi connectivity index (χ4v) is 7.09. The van der Waals surface area contributed by atoms with Crippen molar-refractivity contribution in [2.24, 2.45) is 0 Å². The van der Waals surface area contributed by atoms with Crippen LogP contribution in [0.15, 0.2) is 48.6 Å². The van der Waals surface area contributed by atoms with Crippen LogP contribution in [0.1, 0.15) is 187 Å². The Labute approximate surface area is 353 Å². The summed E-state index contributed by atoms with van der Waals surface area (Å²) in [4.78, 5) is 13.0. The molecule has 10 nitrogen and oxygen atoms in total. The average molecular weight is 822 g/mol. The van der Waals surface area contributed by atoms with E-state index >= 15 is 0 Å². The largest absolute Gasteiger partial charge is 0.394 e. The van der Waals surface area contributed by atoms with Gasteiger partial charge in [0.2, 0.25) is 5.91 Å². The zero-order chi connectivity index (χ0) is 42.5. The summed E-state index contributed by atoms with van der Waals surface area (Å²) in [6.07, 6.45) is 37.8. The highest BCUT2D eigenvalue weighted by atomic mass is 16.7. The fraction of sp³-hybridized carbons (Fsp3) is 0.812. The van der Waals surface area contributed by atoms with E-state index in [-0.39, 0.29) is 6.61 Å². The number of hydrogen-bond donors (Lipinski definition) is 7. The number of allylic oxidation sites excluding steroid dienone is 7. The number of nitrogens with one attached hydrogen (secondary N) is 1. The van der Waals surface area contributed by atoms with Crippen LogP contribution in [0.25, 0.3) is 0 Å². The van der Waals surface area contributed by atoms with Crippen molar-refractivity contribution in [2.45, 2.75) is 236 Å². The Balaban J connectivity index is 2.37. The van der Waals surface area contributed by atoms with Crippen LogP contribution in [0.5, 0.6) is 0 Å². The van der Waals surface area contributed by atoms with Crippen LogP contribution in [0.4, 0.5) is 0 Å². The molecule has 1 fully saturated rings. The summed E-state index contributed by atoms with van der Waals surface area (Å²) >= 11 is 0. The van der Waals surface area contributed by atoms with Crippen LogP contribution in [-0.4, -0.2) is 98.7 Å². The van der Waals surface area contributed by atoms with E-state index in [2.05, 4.69) is 55.6 Å². The highest BCUT2D eigenvalue weighted by Crippen LogP contribution is 2.22. The van der Waals surface area contributed by atoms with Gasteiger partial charge in [0.1, 0.15) is 30.5 Å². The summed E-state index contributed by atoms with van der Waals surface area (Å²) in [5.41, 5.74) is 0. The molecule has 7 N–H and O–H groups in total. The molecule has 10 heteroatoms. The second-order valence-corrected chi connectivity index (χ2v) is 16.3. The summed E-state index contributed by atoms with van der Waals surface area (Å²) in [6.45, 7) is 3.55. The first-order valence-electron chi connectivity index (χ1n) is 23.5. The standard InChI is InChI=1S/C48H87NO9/c1-3-5-7-9-11-13-15-16-17-18-19-20-21-22-23-24-25-27-29-31-33-35-37-42(52)47(56)49-40(39-57-48-46(55)45(54)44(53)43(38-50)58-48)41(51)36-34-32-30-28-26-14-12-10-8-6-4-2/h19-20,22-23,26,28,34,36,40-46,48,50-55H,3-18,21,24-25,27,29-33,35,37-39H2,1-2H3,(H,49,56)/b20-19-,23-22-,28-26+,36-34+. The van der Waals surface area contributed by atoms with Crippen LogP contribution < -0.4 is 5.32 Å². The van der Waals surface area contributed by atoms with Crippen LogP contribution >= 0.6 is 0 Å². The molecule has 8 unspecified atom stereocenters. The Morgan fingerprint density at radius 2 is 1.07 bits per heavy atom. The third-order valence-corrected chi connectivity index (χ3v) is 11.0. The molecule has 0 aliphatic carbocycles. The number of aliphatic hydroxyl groups is 6. The van der Waals surface area contributed by atoms with Gasteiger partial charge in [0.25, 0.3) is 0 Å². The molecule has 0 radical (unpaired) electrons. The van der Waals surface area contributed by atoms with Crippen LogP contribution in [0.2, 0.25) is 0 Å². The quantitative estimate of drug-likeness (QED) is 0.0238. The molecule has 338 valence electrons. The molecule has 1 rings (SSSR count). The van der Waals surface area contributed by atoms with Crippen LogP contribution in [-0.2, 0) is 14.3 Å². The molecule has 0 aromatic heterocycles. The van der Waals surface area contributed by atoms with Gasteiger partial charge < -0.3 is 45.4 Å². The smallest absolute Gasteiger partial charge is 0.249 e. The van der Waals surface area contributed by atoms with Crippen molar-refractivity contribution in [2.75, 3.05) is 13.2 Å². The average Bonchev–Trinajstić information content (AvgIpc) is 3.22. The predicted molar refractivity (Wildman–Crippen MR) is 236 cm³/mol. The molecular weight excluding hydrogens is 735 g/mol. The zero-order valence-corrected chi connectivity index (χ0v) is 36.7. The first kappa shape index (κ1) is 54.1. The molecular formula is C48H87NO9. The molecule has 0 bridgehead atoms. The van der Waals surface area contributed by atoms with Gasteiger partial charge >= 0.3 is 0 Å².